The molecule has 0 aliphatic carbocycles. The number of nitro groups is 1. The first-order valence-corrected chi connectivity index (χ1v) is 12.1. The monoisotopic (exact) mass is 536 g/mol. The molecule has 0 atom stereocenters. The molecule has 0 heterocycles. The summed E-state index contributed by atoms with van der Waals surface area (Å²) in [5, 5.41) is 25.6. The number of carbonyl (C=O) groups is 2. The van der Waals surface area contributed by atoms with E-state index < -0.39 is 26.6 Å². The lowest BCUT2D eigenvalue weighted by molar-refractivity contribution is -0.384. The largest absolute Gasteiger partial charge is 0.496 e. The van der Waals surface area contributed by atoms with Crippen LogP contribution < -0.4 is 19.6 Å². The number of benzene rings is 3. The maximum Gasteiger partial charge on any atom is 0.339 e. The Morgan fingerprint density at radius 2 is 1.63 bits per heavy atom. The molecule has 0 aliphatic heterocycles. The Morgan fingerprint density at radius 3 is 2.18 bits per heavy atom. The van der Waals surface area contributed by atoms with Crippen molar-refractivity contribution in [1.82, 2.24) is 0 Å². The topological polar surface area (TPSA) is 178 Å². The third-order valence-electron chi connectivity index (χ3n) is 4.88. The fourth-order valence-corrected chi connectivity index (χ4v) is 4.03. The second kappa shape index (κ2) is 11.7. The van der Waals surface area contributed by atoms with Crippen LogP contribution in [0.2, 0.25) is 0 Å². The van der Waals surface area contributed by atoms with E-state index in [2.05, 4.69) is 10.6 Å². The molecule has 194 valence electrons. The minimum Gasteiger partial charge on any atom is -0.496 e. The quantitative estimate of drug-likeness (QED) is 0.135. The summed E-state index contributed by atoms with van der Waals surface area (Å²) in [7, 11) is -2.83. The van der Waals surface area contributed by atoms with E-state index in [4.69, 9.17) is 8.92 Å². The number of ether oxygens (including phenoxy) is 1. The number of carbonyl (C=O) groups excluding carboxylic acids is 2. The van der Waals surface area contributed by atoms with E-state index in [1.807, 2.05) is 0 Å². The molecular weight excluding hydrogens is 516 g/mol. The van der Waals surface area contributed by atoms with Crippen molar-refractivity contribution in [3.05, 3.63) is 88.0 Å². The van der Waals surface area contributed by atoms with Crippen molar-refractivity contribution in [3.63, 3.8) is 0 Å². The molecular formula is C25H20N4O8S. The number of hydrogen-bond acceptors (Lipinski definition) is 9. The molecule has 0 fully saturated rings. The summed E-state index contributed by atoms with van der Waals surface area (Å²) in [6.07, 6.45) is 1.23. The van der Waals surface area contributed by atoms with E-state index >= 15 is 0 Å². The molecule has 3 rings (SSSR count). The number of hydrogen-bond donors (Lipinski definition) is 2. The molecule has 0 unspecified atom stereocenters. The Kier molecular flexibility index (Phi) is 8.41. The molecule has 0 spiro atoms. The van der Waals surface area contributed by atoms with Crippen molar-refractivity contribution in [2.45, 2.75) is 11.8 Å². The number of nitro benzene ring substituents is 1. The zero-order chi connectivity index (χ0) is 27.9. The van der Waals surface area contributed by atoms with E-state index in [1.54, 1.807) is 6.07 Å². The lowest BCUT2D eigenvalue weighted by atomic mass is 10.1. The van der Waals surface area contributed by atoms with Crippen LogP contribution in [0.15, 0.2) is 77.2 Å². The van der Waals surface area contributed by atoms with Crippen molar-refractivity contribution in [1.29, 1.82) is 5.26 Å². The van der Waals surface area contributed by atoms with Crippen LogP contribution >= 0.6 is 0 Å². The zero-order valence-electron chi connectivity index (χ0n) is 20.0. The molecule has 0 aliphatic rings. The van der Waals surface area contributed by atoms with Gasteiger partial charge in [0, 0.05) is 12.6 Å². The van der Waals surface area contributed by atoms with E-state index in [0.717, 1.165) is 6.07 Å². The van der Waals surface area contributed by atoms with Crippen LogP contribution in [0.25, 0.3) is 6.08 Å². The highest BCUT2D eigenvalue weighted by molar-refractivity contribution is 7.87. The van der Waals surface area contributed by atoms with E-state index in [1.165, 1.54) is 80.8 Å². The number of nitrogens with one attached hydrogen (secondary N) is 2. The molecule has 0 aromatic heterocycles. The number of anilines is 2. The predicted octanol–water partition coefficient (Wildman–Crippen LogP) is 3.88. The number of nitriles is 1. The SMILES string of the molecule is COc1ccc(NC(=O)/C(C#N)=C/c2ccc(OS(=O)(=O)c3ccc(NC(C)=O)cc3)cc2)c([N+](=O)[O-])c1. The molecule has 0 saturated carbocycles. The summed E-state index contributed by atoms with van der Waals surface area (Å²) >= 11 is 0. The van der Waals surface area contributed by atoms with Gasteiger partial charge in [-0.2, -0.15) is 13.7 Å². The van der Waals surface area contributed by atoms with Gasteiger partial charge in [0.15, 0.2) is 0 Å². The third kappa shape index (κ3) is 6.93. The van der Waals surface area contributed by atoms with Crippen LogP contribution in [-0.2, 0) is 19.7 Å². The van der Waals surface area contributed by atoms with Gasteiger partial charge in [0.1, 0.15) is 33.7 Å². The first-order valence-electron chi connectivity index (χ1n) is 10.7. The molecule has 0 bridgehead atoms. The highest BCUT2D eigenvalue weighted by atomic mass is 32.2. The molecule has 3 aromatic rings. The Hall–Kier alpha value is -5.22. The first-order chi connectivity index (χ1) is 18.0. The van der Waals surface area contributed by atoms with Gasteiger partial charge in [0.25, 0.3) is 11.6 Å². The van der Waals surface area contributed by atoms with Gasteiger partial charge in [-0.3, -0.25) is 19.7 Å². The van der Waals surface area contributed by atoms with Crippen molar-refractivity contribution in [2.75, 3.05) is 17.7 Å². The summed E-state index contributed by atoms with van der Waals surface area (Å²) in [4.78, 5) is 34.2. The summed E-state index contributed by atoms with van der Waals surface area (Å²) in [6, 6.07) is 16.5. The molecule has 13 heteroatoms. The van der Waals surface area contributed by atoms with Gasteiger partial charge in [0.2, 0.25) is 5.91 Å². The summed E-state index contributed by atoms with van der Waals surface area (Å²) in [5.41, 5.74) is -0.101. The molecule has 2 N–H and O–H groups in total. The Labute approximate surface area is 217 Å². The normalized spacial score (nSPS) is 11.1. The Morgan fingerprint density at radius 1 is 1.00 bits per heavy atom. The Balaban J connectivity index is 1.74. The number of rotatable bonds is 9. The molecule has 0 radical (unpaired) electrons. The van der Waals surface area contributed by atoms with Crippen molar-refractivity contribution in [3.8, 4) is 17.6 Å². The zero-order valence-corrected chi connectivity index (χ0v) is 20.8. The van der Waals surface area contributed by atoms with Crippen molar-refractivity contribution < 1.29 is 31.9 Å². The molecule has 3 aromatic carbocycles. The molecule has 12 nitrogen and oxygen atoms in total. The minimum absolute atomic E-state index is 0.0232. The van der Waals surface area contributed by atoms with Gasteiger partial charge in [-0.05, 0) is 60.2 Å². The van der Waals surface area contributed by atoms with Crippen LogP contribution in [-0.4, -0.2) is 32.3 Å². The third-order valence-corrected chi connectivity index (χ3v) is 6.14. The summed E-state index contributed by atoms with van der Waals surface area (Å²) < 4.78 is 35.2. The fourth-order valence-electron chi connectivity index (χ4n) is 3.10. The molecule has 2 amide bonds. The number of amides is 2. The predicted molar refractivity (Wildman–Crippen MR) is 137 cm³/mol. The molecule has 38 heavy (non-hydrogen) atoms. The number of methoxy groups -OCH3 is 1. The van der Waals surface area contributed by atoms with Crippen molar-refractivity contribution >= 4 is 45.1 Å². The fraction of sp³-hybridized carbons (Fsp3) is 0.0800. The van der Waals surface area contributed by atoms with Crippen LogP contribution in [0, 0.1) is 21.4 Å². The Bertz CT molecular complexity index is 1560. The van der Waals surface area contributed by atoms with Gasteiger partial charge >= 0.3 is 10.1 Å². The van der Waals surface area contributed by atoms with Gasteiger partial charge in [-0.25, -0.2) is 0 Å². The van der Waals surface area contributed by atoms with Crippen molar-refractivity contribution in [2.24, 2.45) is 0 Å². The maximum absolute atomic E-state index is 12.6. The maximum atomic E-state index is 12.6. The van der Waals surface area contributed by atoms with E-state index in [-0.39, 0.29) is 33.6 Å². The van der Waals surface area contributed by atoms with Gasteiger partial charge in [-0.15, -0.1) is 0 Å². The highest BCUT2D eigenvalue weighted by Gasteiger charge is 2.20. The number of nitrogens with zero attached hydrogens (tertiary/aromatic N) is 2. The minimum atomic E-state index is -4.17. The second-order valence-electron chi connectivity index (χ2n) is 7.58. The van der Waals surface area contributed by atoms with Gasteiger partial charge < -0.3 is 19.6 Å². The smallest absolute Gasteiger partial charge is 0.339 e. The summed E-state index contributed by atoms with van der Waals surface area (Å²) in [6.45, 7) is 1.33. The van der Waals surface area contributed by atoms with Crippen LogP contribution in [0.4, 0.5) is 17.1 Å². The second-order valence-corrected chi connectivity index (χ2v) is 9.12. The first kappa shape index (κ1) is 27.4. The highest BCUT2D eigenvalue weighted by Crippen LogP contribution is 2.29. The average Bonchev–Trinajstić information content (AvgIpc) is 2.88. The van der Waals surface area contributed by atoms with Gasteiger partial charge in [0.05, 0.1) is 18.1 Å². The van der Waals surface area contributed by atoms with Crippen LogP contribution in [0.5, 0.6) is 11.5 Å². The van der Waals surface area contributed by atoms with E-state index in [0.29, 0.717) is 11.3 Å². The standard InChI is InChI=1S/C25H20N4O8S/c1-16(30)27-19-5-10-22(11-6-19)38(34,35)37-20-7-3-17(4-8-20)13-18(15-26)25(31)28-23-12-9-21(36-2)14-24(23)29(32)33/h3-14H,1-2H3,(H,27,30)(H,28,31)/b18-13+. The van der Waals surface area contributed by atoms with Gasteiger partial charge in [-0.1, -0.05) is 12.1 Å². The lowest BCUT2D eigenvalue weighted by Crippen LogP contribution is -2.14. The lowest BCUT2D eigenvalue weighted by Gasteiger charge is -2.09. The van der Waals surface area contributed by atoms with Crippen LogP contribution in [0.1, 0.15) is 12.5 Å². The summed E-state index contributed by atoms with van der Waals surface area (Å²) in [5.74, 6) is -0.988. The van der Waals surface area contributed by atoms with Crippen LogP contribution in [0.3, 0.4) is 0 Å². The molecule has 0 saturated heterocycles. The van der Waals surface area contributed by atoms with E-state index in [9.17, 15) is 33.4 Å². The average molecular weight is 537 g/mol.